The lowest BCUT2D eigenvalue weighted by molar-refractivity contribution is -0.385. The van der Waals surface area contributed by atoms with Crippen LogP contribution in [-0.2, 0) is 11.3 Å². The molecule has 0 spiro atoms. The molecular weight excluding hydrogens is 320 g/mol. The van der Waals surface area contributed by atoms with Gasteiger partial charge in [-0.1, -0.05) is 6.07 Å². The highest BCUT2D eigenvalue weighted by atomic mass is 16.6. The van der Waals surface area contributed by atoms with Gasteiger partial charge in [-0.2, -0.15) is 0 Å². The summed E-state index contributed by atoms with van der Waals surface area (Å²) in [6, 6.07) is 9.15. The highest BCUT2D eigenvalue weighted by Gasteiger charge is 2.23. The first-order valence-electron chi connectivity index (χ1n) is 8.40. The van der Waals surface area contributed by atoms with Crippen LogP contribution in [0.3, 0.4) is 0 Å². The SMILES string of the molecule is Cc1c(NC(=O)CCN2CCn3cccc3C2C)cccc1[N+](=O)[O-]. The molecule has 1 unspecified atom stereocenters. The molecule has 0 fully saturated rings. The van der Waals surface area contributed by atoms with Crippen molar-refractivity contribution in [3.05, 3.63) is 57.9 Å². The Morgan fingerprint density at radius 1 is 1.32 bits per heavy atom. The second-order valence-corrected chi connectivity index (χ2v) is 6.34. The minimum atomic E-state index is -0.435. The molecule has 0 aliphatic carbocycles. The lowest BCUT2D eigenvalue weighted by atomic mass is 10.1. The second-order valence-electron chi connectivity index (χ2n) is 6.34. The molecule has 1 atom stereocenters. The molecule has 1 aromatic heterocycles. The fourth-order valence-electron chi connectivity index (χ4n) is 3.35. The van der Waals surface area contributed by atoms with E-state index in [1.54, 1.807) is 19.1 Å². The first-order valence-corrected chi connectivity index (χ1v) is 8.40. The van der Waals surface area contributed by atoms with E-state index in [1.807, 2.05) is 6.07 Å². The van der Waals surface area contributed by atoms with Gasteiger partial charge in [0, 0.05) is 50.1 Å². The Morgan fingerprint density at radius 2 is 2.12 bits per heavy atom. The molecule has 1 aliphatic rings. The molecule has 25 heavy (non-hydrogen) atoms. The van der Waals surface area contributed by atoms with Crippen LogP contribution in [-0.4, -0.2) is 33.4 Å². The van der Waals surface area contributed by atoms with E-state index in [1.165, 1.54) is 11.8 Å². The van der Waals surface area contributed by atoms with Crippen molar-refractivity contribution in [2.75, 3.05) is 18.4 Å². The molecule has 132 valence electrons. The van der Waals surface area contributed by atoms with Crippen molar-refractivity contribution in [3.8, 4) is 0 Å². The van der Waals surface area contributed by atoms with Crippen molar-refractivity contribution in [2.24, 2.45) is 0 Å². The lowest BCUT2D eigenvalue weighted by Gasteiger charge is -2.34. The average molecular weight is 342 g/mol. The number of anilines is 1. The van der Waals surface area contributed by atoms with Crippen LogP contribution in [0.1, 0.15) is 30.6 Å². The number of aromatic nitrogens is 1. The van der Waals surface area contributed by atoms with E-state index in [2.05, 4.69) is 34.0 Å². The Labute approximate surface area is 146 Å². The fourth-order valence-corrected chi connectivity index (χ4v) is 3.35. The normalized spacial score (nSPS) is 17.1. The number of nitrogens with zero attached hydrogens (tertiary/aromatic N) is 3. The van der Waals surface area contributed by atoms with Gasteiger partial charge in [-0.3, -0.25) is 19.8 Å². The van der Waals surface area contributed by atoms with Gasteiger partial charge in [0.05, 0.1) is 16.2 Å². The predicted molar refractivity (Wildman–Crippen MR) is 95.5 cm³/mol. The van der Waals surface area contributed by atoms with E-state index in [0.717, 1.165) is 13.1 Å². The van der Waals surface area contributed by atoms with Gasteiger partial charge in [0.2, 0.25) is 5.91 Å². The molecule has 0 saturated heterocycles. The van der Waals surface area contributed by atoms with Crippen molar-refractivity contribution >= 4 is 17.3 Å². The van der Waals surface area contributed by atoms with Crippen molar-refractivity contribution in [3.63, 3.8) is 0 Å². The number of carbonyl (C=O) groups is 1. The van der Waals surface area contributed by atoms with Crippen molar-refractivity contribution in [1.82, 2.24) is 9.47 Å². The maximum Gasteiger partial charge on any atom is 0.274 e. The number of carbonyl (C=O) groups excluding carboxylic acids is 1. The summed E-state index contributed by atoms with van der Waals surface area (Å²) >= 11 is 0. The first-order chi connectivity index (χ1) is 12.0. The van der Waals surface area contributed by atoms with Crippen molar-refractivity contribution in [2.45, 2.75) is 32.9 Å². The zero-order valence-electron chi connectivity index (χ0n) is 14.4. The zero-order valence-corrected chi connectivity index (χ0v) is 14.4. The topological polar surface area (TPSA) is 80.4 Å². The van der Waals surface area contributed by atoms with Gasteiger partial charge in [0.15, 0.2) is 0 Å². The smallest absolute Gasteiger partial charge is 0.274 e. The molecule has 0 saturated carbocycles. The number of fused-ring (bicyclic) bond motifs is 1. The zero-order chi connectivity index (χ0) is 18.0. The molecule has 1 N–H and O–H groups in total. The van der Waals surface area contributed by atoms with E-state index in [0.29, 0.717) is 24.2 Å². The number of hydrogen-bond acceptors (Lipinski definition) is 4. The van der Waals surface area contributed by atoms with Crippen molar-refractivity contribution in [1.29, 1.82) is 0 Å². The number of nitro groups is 1. The van der Waals surface area contributed by atoms with Crippen LogP contribution in [0.2, 0.25) is 0 Å². The highest BCUT2D eigenvalue weighted by Crippen LogP contribution is 2.26. The largest absolute Gasteiger partial charge is 0.349 e. The monoisotopic (exact) mass is 342 g/mol. The standard InChI is InChI=1S/C18H22N4O3/c1-13-15(5-3-6-16(13)22(24)25)19-18(23)8-10-20-11-12-21-9-4-7-17(21)14(20)2/h3-7,9,14H,8,10-12H2,1-2H3,(H,19,23). The summed E-state index contributed by atoms with van der Waals surface area (Å²) < 4.78 is 2.24. The summed E-state index contributed by atoms with van der Waals surface area (Å²) in [4.78, 5) is 25.1. The third kappa shape index (κ3) is 3.56. The van der Waals surface area contributed by atoms with E-state index >= 15 is 0 Å². The van der Waals surface area contributed by atoms with E-state index in [-0.39, 0.29) is 17.6 Å². The van der Waals surface area contributed by atoms with Gasteiger partial charge < -0.3 is 9.88 Å². The lowest BCUT2D eigenvalue weighted by Crippen LogP contribution is -2.38. The Balaban J connectivity index is 1.59. The van der Waals surface area contributed by atoms with Crippen LogP contribution in [0.25, 0.3) is 0 Å². The van der Waals surface area contributed by atoms with Crippen LogP contribution in [0, 0.1) is 17.0 Å². The Kier molecular flexibility index (Phi) is 4.85. The summed E-state index contributed by atoms with van der Waals surface area (Å²) in [7, 11) is 0. The molecule has 2 heterocycles. The summed E-state index contributed by atoms with van der Waals surface area (Å²) in [5, 5.41) is 13.8. The van der Waals surface area contributed by atoms with Crippen LogP contribution in [0.15, 0.2) is 36.5 Å². The fraction of sp³-hybridized carbons (Fsp3) is 0.389. The molecule has 7 nitrogen and oxygen atoms in total. The Morgan fingerprint density at radius 3 is 2.88 bits per heavy atom. The molecule has 1 aromatic carbocycles. The Hall–Kier alpha value is -2.67. The molecule has 1 amide bonds. The minimum Gasteiger partial charge on any atom is -0.349 e. The van der Waals surface area contributed by atoms with E-state index in [9.17, 15) is 14.9 Å². The van der Waals surface area contributed by atoms with Gasteiger partial charge >= 0.3 is 0 Å². The van der Waals surface area contributed by atoms with Gasteiger partial charge in [-0.05, 0) is 32.0 Å². The summed E-state index contributed by atoms with van der Waals surface area (Å²) in [5.41, 5.74) is 2.26. The molecule has 3 rings (SSSR count). The van der Waals surface area contributed by atoms with Gasteiger partial charge in [0.25, 0.3) is 5.69 Å². The summed E-state index contributed by atoms with van der Waals surface area (Å²) in [6.45, 7) is 6.29. The Bertz CT molecular complexity index is 799. The van der Waals surface area contributed by atoms with Gasteiger partial charge in [-0.25, -0.2) is 0 Å². The molecule has 7 heteroatoms. The number of nitro benzene ring substituents is 1. The predicted octanol–water partition coefficient (Wildman–Crippen LogP) is 3.11. The molecule has 2 aromatic rings. The number of amides is 1. The third-order valence-electron chi connectivity index (χ3n) is 4.87. The highest BCUT2D eigenvalue weighted by molar-refractivity contribution is 5.92. The van der Waals surface area contributed by atoms with Crippen molar-refractivity contribution < 1.29 is 9.72 Å². The summed E-state index contributed by atoms with van der Waals surface area (Å²) in [5.74, 6) is -0.128. The third-order valence-corrected chi connectivity index (χ3v) is 4.87. The average Bonchev–Trinajstić information content (AvgIpc) is 3.05. The number of benzene rings is 1. The molecule has 0 radical (unpaired) electrons. The van der Waals surface area contributed by atoms with Crippen LogP contribution in [0.4, 0.5) is 11.4 Å². The molecular formula is C18H22N4O3. The van der Waals surface area contributed by atoms with Gasteiger partial charge in [0.1, 0.15) is 0 Å². The van der Waals surface area contributed by atoms with Gasteiger partial charge in [-0.15, -0.1) is 0 Å². The van der Waals surface area contributed by atoms with E-state index < -0.39 is 4.92 Å². The molecule has 1 aliphatic heterocycles. The van der Waals surface area contributed by atoms with Crippen LogP contribution in [0.5, 0.6) is 0 Å². The second kappa shape index (κ2) is 7.06. The van der Waals surface area contributed by atoms with Crippen LogP contribution < -0.4 is 5.32 Å². The minimum absolute atomic E-state index is 0.0169. The first kappa shape index (κ1) is 17.2. The maximum absolute atomic E-state index is 12.3. The quantitative estimate of drug-likeness (QED) is 0.669. The number of hydrogen-bond donors (Lipinski definition) is 1. The van der Waals surface area contributed by atoms with Crippen LogP contribution >= 0.6 is 0 Å². The number of rotatable bonds is 5. The van der Waals surface area contributed by atoms with E-state index in [4.69, 9.17) is 0 Å². The number of nitrogens with one attached hydrogen (secondary N) is 1. The molecule has 0 bridgehead atoms. The maximum atomic E-state index is 12.3. The summed E-state index contributed by atoms with van der Waals surface area (Å²) in [6.07, 6.45) is 2.44.